The summed E-state index contributed by atoms with van der Waals surface area (Å²) in [5.41, 5.74) is 1.04. The molecule has 40 heavy (non-hydrogen) atoms. The lowest BCUT2D eigenvalue weighted by molar-refractivity contribution is 0.368. The van der Waals surface area contributed by atoms with Gasteiger partial charge in [-0.15, -0.1) is 0 Å². The van der Waals surface area contributed by atoms with Gasteiger partial charge < -0.3 is 4.57 Å². The Morgan fingerprint density at radius 2 is 1.23 bits per heavy atom. The fraction of sp³-hybridized carbons (Fsp3) is 0.0312. The lowest BCUT2D eigenvalue weighted by Crippen LogP contribution is -2.14. The molecule has 1 unspecified atom stereocenters. The second kappa shape index (κ2) is 10.7. The number of benzene rings is 5. The van der Waals surface area contributed by atoms with E-state index in [2.05, 4.69) is 0 Å². The van der Waals surface area contributed by atoms with E-state index in [1.165, 1.54) is 4.57 Å². The van der Waals surface area contributed by atoms with Gasteiger partial charge >= 0.3 is 0 Å². The van der Waals surface area contributed by atoms with Gasteiger partial charge in [0.25, 0.3) is 0 Å². The molecule has 1 heterocycles. The van der Waals surface area contributed by atoms with Crippen LogP contribution in [0.15, 0.2) is 103 Å². The largest absolute Gasteiger partial charge is 0.326 e. The van der Waals surface area contributed by atoms with Gasteiger partial charge in [-0.3, -0.25) is 0 Å². The average Bonchev–Trinajstić information content (AvgIpc) is 3.41. The lowest BCUT2D eigenvalue weighted by atomic mass is 10.0. The predicted octanol–water partition coefficient (Wildman–Crippen LogP) is 7.74. The molecule has 0 N–H and O–H groups in total. The van der Waals surface area contributed by atoms with Crippen LogP contribution in [-0.4, -0.2) is 9.55 Å². The summed E-state index contributed by atoms with van der Waals surface area (Å²) in [7, 11) is 0.223. The number of rotatable bonds is 6. The van der Waals surface area contributed by atoms with Crippen LogP contribution in [0.5, 0.6) is 0 Å². The van der Waals surface area contributed by atoms with E-state index >= 15 is 0 Å². The molecule has 0 aliphatic rings. The van der Waals surface area contributed by atoms with Crippen LogP contribution in [0.3, 0.4) is 0 Å². The van der Waals surface area contributed by atoms with Crippen molar-refractivity contribution in [1.82, 2.24) is 9.55 Å². The topological polar surface area (TPSA) is 17.8 Å². The van der Waals surface area contributed by atoms with E-state index in [-0.39, 0.29) is 8.58 Å². The quantitative estimate of drug-likeness (QED) is 0.0885. The van der Waals surface area contributed by atoms with E-state index in [1.54, 1.807) is 6.20 Å². The first-order chi connectivity index (χ1) is 19.4. The van der Waals surface area contributed by atoms with Crippen molar-refractivity contribution < 1.29 is 22.0 Å². The van der Waals surface area contributed by atoms with Crippen LogP contribution in [0.2, 0.25) is 0 Å². The van der Waals surface area contributed by atoms with Crippen molar-refractivity contribution in [2.75, 3.05) is 0 Å². The Morgan fingerprint density at radius 3 is 1.93 bits per heavy atom. The van der Waals surface area contributed by atoms with Crippen LogP contribution in [0.25, 0.3) is 33.4 Å². The van der Waals surface area contributed by atoms with Crippen molar-refractivity contribution in [1.29, 1.82) is 0 Å². The third kappa shape index (κ3) is 4.67. The van der Waals surface area contributed by atoms with Gasteiger partial charge in [0.15, 0.2) is 23.3 Å². The maximum atomic E-state index is 14.8. The van der Waals surface area contributed by atoms with Crippen molar-refractivity contribution >= 4 is 30.0 Å². The standard InChI is InChI=1S/C32H20F5N2P/c33-27-23(28(34)30(36)31(37)29(27)35)17-39-18-24(20-10-3-1-4-11-20)38-32(39)26-22-14-8-7-9-19(22)15-16-25(26)40-21-12-5-2-6-13-21/h1-16,18,40H,17H2. The summed E-state index contributed by atoms with van der Waals surface area (Å²) in [6.45, 7) is -0.613. The molecule has 5 aromatic carbocycles. The molecule has 1 atom stereocenters. The van der Waals surface area contributed by atoms with Gasteiger partial charge in [-0.2, -0.15) is 0 Å². The third-order valence-electron chi connectivity index (χ3n) is 6.68. The first-order valence-electron chi connectivity index (χ1n) is 12.4. The molecule has 2 nitrogen and oxygen atoms in total. The minimum atomic E-state index is -2.19. The Balaban J connectivity index is 1.61. The van der Waals surface area contributed by atoms with E-state index in [0.717, 1.165) is 32.5 Å². The molecule has 1 aromatic heterocycles. The average molecular weight is 558 g/mol. The fourth-order valence-corrected chi connectivity index (χ4v) is 5.95. The SMILES string of the molecule is Fc1c(F)c(F)c(Cn2cc(-c3ccccc3)nc2-c2c(Pc3ccccc3)ccc3ccccc23)c(F)c1F. The molecule has 198 valence electrons. The number of fused-ring (bicyclic) bond motifs is 1. The highest BCUT2D eigenvalue weighted by Crippen LogP contribution is 2.34. The summed E-state index contributed by atoms with van der Waals surface area (Å²) in [6.07, 6.45) is 1.58. The van der Waals surface area contributed by atoms with Gasteiger partial charge in [-0.1, -0.05) is 106 Å². The highest BCUT2D eigenvalue weighted by molar-refractivity contribution is 7.55. The summed E-state index contributed by atoms with van der Waals surface area (Å²) in [4.78, 5) is 4.88. The molecule has 0 aliphatic carbocycles. The van der Waals surface area contributed by atoms with Gasteiger partial charge in [-0.05, 0) is 21.4 Å². The number of imidazole rings is 1. The Morgan fingerprint density at radius 1 is 0.625 bits per heavy atom. The number of hydrogen-bond donors (Lipinski definition) is 0. The molecule has 0 aliphatic heterocycles. The molecule has 0 spiro atoms. The van der Waals surface area contributed by atoms with Gasteiger partial charge in [0.1, 0.15) is 5.82 Å². The number of nitrogens with zero attached hydrogens (tertiary/aromatic N) is 2. The van der Waals surface area contributed by atoms with E-state index < -0.39 is 41.2 Å². The summed E-state index contributed by atoms with van der Waals surface area (Å²) >= 11 is 0. The minimum absolute atomic E-state index is 0.223. The molecule has 8 heteroatoms. The normalized spacial score (nSPS) is 11.6. The van der Waals surface area contributed by atoms with Crippen LogP contribution in [0.1, 0.15) is 5.56 Å². The zero-order chi connectivity index (χ0) is 27.8. The Bertz CT molecular complexity index is 1820. The van der Waals surface area contributed by atoms with Gasteiger partial charge in [0.05, 0.1) is 12.2 Å². The summed E-state index contributed by atoms with van der Waals surface area (Å²) in [6, 6.07) is 30.7. The monoisotopic (exact) mass is 558 g/mol. The number of halogens is 5. The van der Waals surface area contributed by atoms with E-state index in [0.29, 0.717) is 11.5 Å². The molecule has 6 aromatic rings. The Kier molecular flexibility index (Phi) is 6.91. The molecule has 0 fully saturated rings. The van der Waals surface area contributed by atoms with E-state index in [9.17, 15) is 22.0 Å². The molecule has 0 radical (unpaired) electrons. The van der Waals surface area contributed by atoms with Gasteiger partial charge in [0, 0.05) is 22.9 Å². The zero-order valence-corrected chi connectivity index (χ0v) is 21.8. The van der Waals surface area contributed by atoms with Crippen molar-refractivity contribution in [3.63, 3.8) is 0 Å². The van der Waals surface area contributed by atoms with E-state index in [1.807, 2.05) is 97.1 Å². The van der Waals surface area contributed by atoms with Crippen LogP contribution in [0, 0.1) is 29.1 Å². The Hall–Kier alpha value is -4.35. The highest BCUT2D eigenvalue weighted by Gasteiger charge is 2.27. The van der Waals surface area contributed by atoms with Crippen molar-refractivity contribution in [2.24, 2.45) is 0 Å². The summed E-state index contributed by atoms with van der Waals surface area (Å²) in [5, 5.41) is 3.77. The smallest absolute Gasteiger partial charge is 0.200 e. The van der Waals surface area contributed by atoms with Crippen molar-refractivity contribution in [2.45, 2.75) is 6.54 Å². The molecular weight excluding hydrogens is 538 g/mol. The van der Waals surface area contributed by atoms with Gasteiger partial charge in [0.2, 0.25) is 5.82 Å². The molecule has 6 rings (SSSR count). The fourth-order valence-electron chi connectivity index (χ4n) is 4.74. The molecule has 0 saturated heterocycles. The van der Waals surface area contributed by atoms with Crippen molar-refractivity contribution in [3.05, 3.63) is 138 Å². The van der Waals surface area contributed by atoms with Crippen LogP contribution < -0.4 is 10.6 Å². The van der Waals surface area contributed by atoms with Crippen molar-refractivity contribution in [3.8, 4) is 22.6 Å². The predicted molar refractivity (Wildman–Crippen MR) is 150 cm³/mol. The molecule has 0 saturated carbocycles. The second-order valence-electron chi connectivity index (χ2n) is 9.19. The lowest BCUT2D eigenvalue weighted by Gasteiger charge is -2.16. The maximum Gasteiger partial charge on any atom is 0.200 e. The van der Waals surface area contributed by atoms with Crippen LogP contribution in [0.4, 0.5) is 22.0 Å². The number of aromatic nitrogens is 2. The summed E-state index contributed by atoms with van der Waals surface area (Å²) < 4.78 is 73.1. The maximum absolute atomic E-state index is 14.8. The Labute approximate surface area is 228 Å². The summed E-state index contributed by atoms with van der Waals surface area (Å²) in [5.74, 6) is -9.50. The highest BCUT2D eigenvalue weighted by atomic mass is 31.1. The van der Waals surface area contributed by atoms with Crippen LogP contribution in [-0.2, 0) is 6.54 Å². The minimum Gasteiger partial charge on any atom is -0.326 e. The first-order valence-corrected chi connectivity index (χ1v) is 13.4. The number of hydrogen-bond acceptors (Lipinski definition) is 1. The third-order valence-corrected chi connectivity index (χ3v) is 7.99. The molecule has 0 bridgehead atoms. The molecular formula is C32H20F5N2P. The first kappa shape index (κ1) is 25.9. The zero-order valence-electron chi connectivity index (χ0n) is 20.8. The van der Waals surface area contributed by atoms with E-state index in [4.69, 9.17) is 4.98 Å². The van der Waals surface area contributed by atoms with Gasteiger partial charge in [-0.25, -0.2) is 26.9 Å². The molecule has 0 amide bonds. The second-order valence-corrected chi connectivity index (χ2v) is 10.6. The van der Waals surface area contributed by atoms with Crippen LogP contribution >= 0.6 is 8.58 Å².